The van der Waals surface area contributed by atoms with E-state index in [2.05, 4.69) is 75.2 Å². The molecule has 26 heavy (non-hydrogen) atoms. The van der Waals surface area contributed by atoms with Crippen molar-refractivity contribution >= 4 is 38.4 Å². The van der Waals surface area contributed by atoms with Gasteiger partial charge in [-0.1, -0.05) is 24.3 Å². The van der Waals surface area contributed by atoms with Crippen molar-refractivity contribution in [2.45, 2.75) is 45.7 Å². The van der Waals surface area contributed by atoms with E-state index in [0.29, 0.717) is 12.0 Å². The molecule has 0 spiro atoms. The smallest absolute Gasteiger partial charge is 0.00201 e. The summed E-state index contributed by atoms with van der Waals surface area (Å²) in [5.41, 5.74) is 4.68. The molecule has 0 bridgehead atoms. The summed E-state index contributed by atoms with van der Waals surface area (Å²) >= 11 is 2.42. The summed E-state index contributed by atoms with van der Waals surface area (Å²) in [6.07, 6.45) is 3.84. The number of aliphatic hydroxyl groups is 1. The van der Waals surface area contributed by atoms with E-state index in [9.17, 15) is 5.11 Å². The number of rotatable bonds is 5. The molecule has 2 heterocycles. The third-order valence-electron chi connectivity index (χ3n) is 4.38. The van der Waals surface area contributed by atoms with E-state index >= 15 is 0 Å². The van der Waals surface area contributed by atoms with Crippen LogP contribution in [-0.2, 0) is 6.42 Å². The molecule has 0 aliphatic heterocycles. The van der Waals surface area contributed by atoms with Gasteiger partial charge < -0.3 is 0 Å². The first-order valence-electron chi connectivity index (χ1n) is 8.91. The number of aromatic nitrogens is 4. The van der Waals surface area contributed by atoms with Gasteiger partial charge in [0.05, 0.1) is 0 Å². The number of benzene rings is 1. The molecule has 0 saturated heterocycles. The molecule has 1 aliphatic carbocycles. The fourth-order valence-corrected chi connectivity index (χ4v) is 3.17. The average Bonchev–Trinajstić information content (AvgIpc) is 3.30. The quantitative estimate of drug-likeness (QED) is 0.490. The number of aliphatic hydroxyl groups excluding tert-OH is 1. The zero-order chi connectivity index (χ0) is 18.7. The summed E-state index contributed by atoms with van der Waals surface area (Å²) in [5, 5.41) is 12.4. The maximum Gasteiger partial charge on any atom is -0.00201 e. The molecule has 7 heteroatoms. The molecule has 0 fully saturated rings. The molecular weight excluding hydrogens is 389 g/mol. The molecule has 2 radical (unpaired) electrons. The van der Waals surface area contributed by atoms with Crippen molar-refractivity contribution in [2.24, 2.45) is 0 Å². The summed E-state index contributed by atoms with van der Waals surface area (Å²) < 4.78 is 2.80. The van der Waals surface area contributed by atoms with Crippen LogP contribution in [-0.4, -0.2) is 54.1 Å². The Kier molecular flexibility index (Phi) is 5.94. The summed E-state index contributed by atoms with van der Waals surface area (Å²) in [6, 6.07) is 8.79. The molecule has 6 nitrogen and oxygen atoms in total. The van der Waals surface area contributed by atoms with Crippen molar-refractivity contribution in [1.82, 2.24) is 19.5 Å². The van der Waals surface area contributed by atoms with Gasteiger partial charge in [-0.25, -0.2) is 0 Å². The maximum absolute atomic E-state index is 9.23. The predicted molar refractivity (Wildman–Crippen MR) is 105 cm³/mol. The van der Waals surface area contributed by atoms with Crippen LogP contribution in [0.15, 0.2) is 30.6 Å². The first kappa shape index (κ1) is 18.9. The minimum Gasteiger partial charge on any atom is -0.0620 e. The van der Waals surface area contributed by atoms with Crippen molar-refractivity contribution in [3.63, 3.8) is 0 Å². The maximum atomic E-state index is 9.23. The molecule has 1 aliphatic rings. The second kappa shape index (κ2) is 8.19. The van der Waals surface area contributed by atoms with Crippen LogP contribution >= 0.6 is 0 Å². The van der Waals surface area contributed by atoms with Crippen LogP contribution < -0.4 is 9.80 Å². The van der Waals surface area contributed by atoms with Gasteiger partial charge in [0.2, 0.25) is 0 Å². The van der Waals surface area contributed by atoms with Crippen molar-refractivity contribution < 1.29 is 5.11 Å². The Morgan fingerprint density at radius 2 is 1.92 bits per heavy atom. The molecule has 0 saturated carbocycles. The van der Waals surface area contributed by atoms with Gasteiger partial charge >= 0.3 is 121 Å². The Bertz CT molecular complexity index is 868. The van der Waals surface area contributed by atoms with E-state index in [-0.39, 0.29) is 12.6 Å². The molecule has 1 aromatic carbocycles. The zero-order valence-corrected chi connectivity index (χ0v) is 17.2. The number of nitrogens with zero attached hydrogens (tertiary/aromatic N) is 4. The van der Waals surface area contributed by atoms with Crippen LogP contribution in [0.4, 0.5) is 5.95 Å². The van der Waals surface area contributed by atoms with Gasteiger partial charge in [-0.3, -0.25) is 0 Å². The van der Waals surface area contributed by atoms with Gasteiger partial charge in [0.15, 0.2) is 0 Å². The SMILES string of the molecule is CCC(CO)Nc1nc([As])c2ncn(C(C)C)c2n1.c1ccc2c(c1)C2. The van der Waals surface area contributed by atoms with E-state index < -0.39 is 0 Å². The molecular formula is C19H24AsN5O. The topological polar surface area (TPSA) is 75.9 Å². The van der Waals surface area contributed by atoms with Gasteiger partial charge in [-0.2, -0.15) is 0 Å². The van der Waals surface area contributed by atoms with Crippen LogP contribution in [0.5, 0.6) is 0 Å². The van der Waals surface area contributed by atoms with Crippen LogP contribution in [0.25, 0.3) is 11.2 Å². The summed E-state index contributed by atoms with van der Waals surface area (Å²) in [7, 11) is 0. The second-order valence-corrected chi connectivity index (χ2v) is 7.55. The third-order valence-corrected chi connectivity index (χ3v) is 5.03. The first-order chi connectivity index (χ1) is 12.5. The number of fused-ring (bicyclic) bond motifs is 2. The van der Waals surface area contributed by atoms with Crippen molar-refractivity contribution in [1.29, 1.82) is 0 Å². The molecule has 136 valence electrons. The number of hydrogen-bond donors (Lipinski definition) is 2. The van der Waals surface area contributed by atoms with E-state index in [1.807, 2.05) is 11.5 Å². The first-order valence-corrected chi connectivity index (χ1v) is 9.85. The molecule has 1 atom stereocenters. The second-order valence-electron chi connectivity index (χ2n) is 6.67. The molecule has 2 N–H and O–H groups in total. The van der Waals surface area contributed by atoms with E-state index in [4.69, 9.17) is 0 Å². The van der Waals surface area contributed by atoms with Gasteiger partial charge in [-0.15, -0.1) is 0 Å². The minimum absolute atomic E-state index is 0.0280. The standard InChI is InChI=1S/C12H18AsN5O.C7H6/c1-4-8(5-19)15-12-16-10(13)9-11(17-12)18(6-14-9)7(2)3;1-2-4-7-5-6(7)3-1/h6-8,19H,4-5H2,1-3H3,(H,15,16,17);1-4H,5H2. The van der Waals surface area contributed by atoms with Crippen molar-refractivity contribution in [3.05, 3.63) is 41.7 Å². The Balaban J connectivity index is 0.000000229. The van der Waals surface area contributed by atoms with Crippen LogP contribution in [0.3, 0.4) is 0 Å². The summed E-state index contributed by atoms with van der Waals surface area (Å²) in [5.74, 6) is 0.534. The van der Waals surface area contributed by atoms with Crippen molar-refractivity contribution in [2.75, 3.05) is 11.9 Å². The number of imidazole rings is 1. The largest absolute Gasteiger partial charge is 0.0620 e. The molecule has 0 amide bonds. The van der Waals surface area contributed by atoms with Gasteiger partial charge in [0.25, 0.3) is 0 Å². The fourth-order valence-electron chi connectivity index (χ4n) is 2.64. The summed E-state index contributed by atoms with van der Waals surface area (Å²) in [6.45, 7) is 6.25. The Hall–Kier alpha value is -1.91. The normalized spacial score (nSPS) is 13.2. The average molecular weight is 413 g/mol. The van der Waals surface area contributed by atoms with E-state index in [1.165, 1.54) is 17.5 Å². The van der Waals surface area contributed by atoms with Crippen molar-refractivity contribution in [3.8, 4) is 0 Å². The Labute approximate surface area is 162 Å². The zero-order valence-electron chi connectivity index (χ0n) is 15.3. The predicted octanol–water partition coefficient (Wildman–Crippen LogP) is 1.97. The molecule has 4 rings (SSSR count). The Morgan fingerprint density at radius 3 is 2.46 bits per heavy atom. The monoisotopic (exact) mass is 413 g/mol. The Morgan fingerprint density at radius 1 is 1.23 bits per heavy atom. The number of anilines is 1. The fraction of sp³-hybridized carbons (Fsp3) is 0.421. The molecule has 1 unspecified atom stereocenters. The molecule has 3 aromatic rings. The van der Waals surface area contributed by atoms with Crippen LogP contribution in [0.1, 0.15) is 44.4 Å². The number of nitrogens with one attached hydrogen (secondary N) is 1. The molecule has 2 aromatic heterocycles. The van der Waals surface area contributed by atoms with E-state index in [0.717, 1.165) is 22.1 Å². The van der Waals surface area contributed by atoms with Gasteiger partial charge in [0.1, 0.15) is 0 Å². The van der Waals surface area contributed by atoms with Gasteiger partial charge in [-0.05, 0) is 17.5 Å². The third kappa shape index (κ3) is 4.25. The van der Waals surface area contributed by atoms with Crippen LogP contribution in [0.2, 0.25) is 0 Å². The number of hydrogen-bond acceptors (Lipinski definition) is 5. The van der Waals surface area contributed by atoms with Gasteiger partial charge in [0, 0.05) is 0 Å². The van der Waals surface area contributed by atoms with E-state index in [1.54, 1.807) is 6.33 Å². The van der Waals surface area contributed by atoms with Crippen LogP contribution in [0, 0.1) is 0 Å². The minimum atomic E-state index is -0.0280. The summed E-state index contributed by atoms with van der Waals surface area (Å²) in [4.78, 5) is 13.2.